The quantitative estimate of drug-likeness (QED) is 0.829. The van der Waals surface area contributed by atoms with E-state index in [-0.39, 0.29) is 12.1 Å². The van der Waals surface area contributed by atoms with Crippen LogP contribution in [-0.2, 0) is 20.0 Å². The van der Waals surface area contributed by atoms with Crippen LogP contribution in [0.2, 0.25) is 0 Å². The highest BCUT2D eigenvalue weighted by molar-refractivity contribution is 7.79. The van der Waals surface area contributed by atoms with E-state index in [4.69, 9.17) is 8.92 Å². The number of likely N-dealkylation sites (tertiary alicyclic amines) is 1. The van der Waals surface area contributed by atoms with Crippen LogP contribution in [0.1, 0.15) is 33.6 Å². The van der Waals surface area contributed by atoms with Crippen molar-refractivity contribution in [2.24, 2.45) is 0 Å². The maximum absolute atomic E-state index is 11.7. The van der Waals surface area contributed by atoms with E-state index < -0.39 is 16.7 Å². The van der Waals surface area contributed by atoms with Crippen molar-refractivity contribution in [3.8, 4) is 0 Å². The number of alkyl carbamates (subject to hydrolysis) is 1. The van der Waals surface area contributed by atoms with Crippen LogP contribution in [0.15, 0.2) is 0 Å². The first-order valence-corrected chi connectivity index (χ1v) is 8.43. The zero-order valence-electron chi connectivity index (χ0n) is 12.8. The molecule has 0 saturated carbocycles. The van der Waals surface area contributed by atoms with E-state index in [1.54, 1.807) is 0 Å². The number of carbonyl (C=O) groups is 1. The molecule has 1 amide bonds. The maximum atomic E-state index is 11.7. The number of hydrogen-bond acceptors (Lipinski definition) is 5. The Hall–Kier alpha value is -0.660. The maximum Gasteiger partial charge on any atom is 0.407 e. The average molecular weight is 306 g/mol. The molecule has 1 atom stereocenters. The molecule has 1 unspecified atom stereocenters. The summed E-state index contributed by atoms with van der Waals surface area (Å²) < 4.78 is 21.1. The fraction of sp³-hybridized carbons (Fsp3) is 0.923. The third kappa shape index (κ3) is 7.81. The number of carbonyl (C=O) groups excluding carboxylic acids is 1. The van der Waals surface area contributed by atoms with Crippen molar-refractivity contribution >= 4 is 17.2 Å². The monoisotopic (exact) mass is 306 g/mol. The molecule has 1 fully saturated rings. The van der Waals surface area contributed by atoms with E-state index in [0.717, 1.165) is 32.5 Å². The molecule has 6 nitrogen and oxygen atoms in total. The van der Waals surface area contributed by atoms with Gasteiger partial charge in [0.15, 0.2) is 11.1 Å². The SMILES string of the molecule is CS(=O)OCCN1CCC(NC(=O)OC(C)(C)C)CC1. The number of ether oxygens (including phenoxy) is 1. The molecule has 0 radical (unpaired) electrons. The van der Waals surface area contributed by atoms with E-state index in [1.165, 1.54) is 6.26 Å². The highest BCUT2D eigenvalue weighted by Crippen LogP contribution is 2.12. The number of hydrogen-bond donors (Lipinski definition) is 1. The molecule has 7 heteroatoms. The fourth-order valence-electron chi connectivity index (χ4n) is 2.06. The molecule has 0 spiro atoms. The topological polar surface area (TPSA) is 67.9 Å². The largest absolute Gasteiger partial charge is 0.444 e. The van der Waals surface area contributed by atoms with Gasteiger partial charge < -0.3 is 15.0 Å². The normalized spacial score (nSPS) is 19.6. The number of amides is 1. The number of nitrogens with one attached hydrogen (secondary N) is 1. The molecule has 0 aromatic rings. The van der Waals surface area contributed by atoms with Gasteiger partial charge in [-0.3, -0.25) is 4.18 Å². The highest BCUT2D eigenvalue weighted by Gasteiger charge is 2.23. The summed E-state index contributed by atoms with van der Waals surface area (Å²) in [5, 5.41) is 2.90. The van der Waals surface area contributed by atoms with Gasteiger partial charge in [0.1, 0.15) is 5.60 Å². The van der Waals surface area contributed by atoms with Crippen LogP contribution in [0, 0.1) is 0 Å². The van der Waals surface area contributed by atoms with Gasteiger partial charge in [0.05, 0.1) is 6.61 Å². The molecular weight excluding hydrogens is 280 g/mol. The second kappa shape index (κ2) is 7.95. The van der Waals surface area contributed by atoms with Gasteiger partial charge in [0.2, 0.25) is 0 Å². The summed E-state index contributed by atoms with van der Waals surface area (Å²) in [6.45, 7) is 8.62. The third-order valence-electron chi connectivity index (χ3n) is 2.97. The van der Waals surface area contributed by atoms with Crippen LogP contribution in [-0.4, -0.2) is 59.3 Å². The first-order valence-electron chi connectivity index (χ1n) is 6.95. The molecule has 1 N–H and O–H groups in total. The van der Waals surface area contributed by atoms with Gasteiger partial charge in [-0.15, -0.1) is 0 Å². The van der Waals surface area contributed by atoms with Crippen molar-refractivity contribution < 1.29 is 17.9 Å². The molecular formula is C13H26N2O4S. The zero-order valence-corrected chi connectivity index (χ0v) is 13.6. The molecule has 1 heterocycles. The van der Waals surface area contributed by atoms with Crippen molar-refractivity contribution in [1.82, 2.24) is 10.2 Å². The molecule has 1 saturated heterocycles. The van der Waals surface area contributed by atoms with Crippen LogP contribution in [0.3, 0.4) is 0 Å². The van der Waals surface area contributed by atoms with Crippen LogP contribution >= 0.6 is 0 Å². The summed E-state index contributed by atoms with van der Waals surface area (Å²) >= 11 is -1.19. The Labute approximate surface area is 123 Å². The molecule has 0 aromatic heterocycles. The molecule has 0 aromatic carbocycles. The van der Waals surface area contributed by atoms with Gasteiger partial charge in [-0.1, -0.05) is 0 Å². The fourth-order valence-corrected chi connectivity index (χ4v) is 2.37. The minimum absolute atomic E-state index is 0.169. The van der Waals surface area contributed by atoms with Gasteiger partial charge in [0.25, 0.3) is 0 Å². The van der Waals surface area contributed by atoms with Crippen LogP contribution in [0.5, 0.6) is 0 Å². The van der Waals surface area contributed by atoms with Crippen molar-refractivity contribution in [3.05, 3.63) is 0 Å². The summed E-state index contributed by atoms with van der Waals surface area (Å²) in [5.41, 5.74) is -0.460. The lowest BCUT2D eigenvalue weighted by Gasteiger charge is -2.32. The second-order valence-corrected chi connectivity index (χ2v) is 7.02. The second-order valence-electron chi connectivity index (χ2n) is 5.99. The minimum Gasteiger partial charge on any atom is -0.444 e. The Balaban J connectivity index is 2.18. The van der Waals surface area contributed by atoms with Gasteiger partial charge in [-0.2, -0.15) is 0 Å². The van der Waals surface area contributed by atoms with Crippen LogP contribution < -0.4 is 5.32 Å². The van der Waals surface area contributed by atoms with E-state index in [2.05, 4.69) is 10.2 Å². The van der Waals surface area contributed by atoms with Crippen LogP contribution in [0.4, 0.5) is 4.79 Å². The molecule has 1 aliphatic rings. The van der Waals surface area contributed by atoms with Gasteiger partial charge in [0, 0.05) is 31.9 Å². The van der Waals surface area contributed by atoms with Crippen molar-refractivity contribution in [3.63, 3.8) is 0 Å². The molecule has 0 aliphatic carbocycles. The summed E-state index contributed by atoms with van der Waals surface area (Å²) in [7, 11) is 0. The Morgan fingerprint density at radius 1 is 1.35 bits per heavy atom. The smallest absolute Gasteiger partial charge is 0.407 e. The molecule has 1 aliphatic heterocycles. The number of nitrogens with zero attached hydrogens (tertiary/aromatic N) is 1. The Kier molecular flexibility index (Phi) is 6.91. The van der Waals surface area contributed by atoms with Gasteiger partial charge in [-0.25, -0.2) is 9.00 Å². The lowest BCUT2D eigenvalue weighted by molar-refractivity contribution is 0.0476. The van der Waals surface area contributed by atoms with Crippen LogP contribution in [0.25, 0.3) is 0 Å². The predicted octanol–water partition coefficient (Wildman–Crippen LogP) is 1.29. The first-order chi connectivity index (χ1) is 9.26. The molecule has 0 bridgehead atoms. The van der Waals surface area contributed by atoms with E-state index >= 15 is 0 Å². The Morgan fingerprint density at radius 2 is 1.95 bits per heavy atom. The van der Waals surface area contributed by atoms with E-state index in [1.807, 2.05) is 20.8 Å². The summed E-state index contributed by atoms with van der Waals surface area (Å²) in [5.74, 6) is 0. The van der Waals surface area contributed by atoms with Crippen molar-refractivity contribution in [2.45, 2.75) is 45.3 Å². The predicted molar refractivity (Wildman–Crippen MR) is 78.9 cm³/mol. The summed E-state index contributed by atoms with van der Waals surface area (Å²) in [4.78, 5) is 13.9. The number of piperidine rings is 1. The molecule has 20 heavy (non-hydrogen) atoms. The van der Waals surface area contributed by atoms with Gasteiger partial charge >= 0.3 is 6.09 Å². The third-order valence-corrected chi connectivity index (χ3v) is 3.46. The van der Waals surface area contributed by atoms with Crippen molar-refractivity contribution in [1.29, 1.82) is 0 Å². The molecule has 1 rings (SSSR count). The number of rotatable bonds is 5. The lowest BCUT2D eigenvalue weighted by Crippen LogP contribution is -2.46. The van der Waals surface area contributed by atoms with Crippen molar-refractivity contribution in [2.75, 3.05) is 32.5 Å². The summed E-state index contributed by atoms with van der Waals surface area (Å²) in [6.07, 6.45) is 2.97. The first kappa shape index (κ1) is 17.4. The highest BCUT2D eigenvalue weighted by atomic mass is 32.2. The summed E-state index contributed by atoms with van der Waals surface area (Å²) in [6, 6.07) is 0.169. The Morgan fingerprint density at radius 3 is 2.45 bits per heavy atom. The van der Waals surface area contributed by atoms with Gasteiger partial charge in [-0.05, 0) is 33.6 Å². The zero-order chi connectivity index (χ0) is 15.2. The molecule has 118 valence electrons. The van der Waals surface area contributed by atoms with E-state index in [0.29, 0.717) is 6.61 Å². The average Bonchev–Trinajstić information content (AvgIpc) is 2.28. The lowest BCUT2D eigenvalue weighted by atomic mass is 10.1. The Bertz CT molecular complexity index is 336. The standard InChI is InChI=1S/C13H26N2O4S/c1-13(2,3)19-12(16)14-11-5-7-15(8-6-11)9-10-18-20(4)17/h11H,5-10H2,1-4H3,(H,14,16). The van der Waals surface area contributed by atoms with E-state index in [9.17, 15) is 9.00 Å². The minimum atomic E-state index is -1.19.